The summed E-state index contributed by atoms with van der Waals surface area (Å²) < 4.78 is 14.9. The minimum Gasteiger partial charge on any atom is -0.466 e. The predicted octanol–water partition coefficient (Wildman–Crippen LogP) is 0.964. The van der Waals surface area contributed by atoms with E-state index in [1.807, 2.05) is 12.1 Å². The van der Waals surface area contributed by atoms with E-state index in [0.717, 1.165) is 22.3 Å². The van der Waals surface area contributed by atoms with Crippen molar-refractivity contribution in [3.05, 3.63) is 45.5 Å². The van der Waals surface area contributed by atoms with Crippen molar-refractivity contribution in [3.8, 4) is 0 Å². The Bertz CT molecular complexity index is 903. The molecule has 8 nitrogen and oxygen atoms in total. The normalized spacial score (nSPS) is 16.3. The topological polar surface area (TPSA) is 108 Å². The van der Waals surface area contributed by atoms with E-state index in [9.17, 15) is 19.2 Å². The highest BCUT2D eigenvalue weighted by Crippen LogP contribution is 2.37. The fourth-order valence-electron chi connectivity index (χ4n) is 4.28. The van der Waals surface area contributed by atoms with E-state index in [1.165, 1.54) is 21.1 Å². The zero-order valence-corrected chi connectivity index (χ0v) is 17.5. The number of carbonyl (C=O) groups is 4. The van der Waals surface area contributed by atoms with Gasteiger partial charge < -0.3 is 19.5 Å². The molecule has 0 heterocycles. The number of ether oxygens (including phenoxy) is 3. The third kappa shape index (κ3) is 3.81. The Hall–Kier alpha value is -3.16. The zero-order valence-electron chi connectivity index (χ0n) is 17.5. The van der Waals surface area contributed by atoms with Crippen LogP contribution in [0.3, 0.4) is 0 Å². The SMILES string of the molecule is CCOC(=O)C1(NC(C)=O)Cc2cc3c(cc2C1)CC(C(=O)OC)=C(C(=O)OC)C3. The van der Waals surface area contributed by atoms with Gasteiger partial charge in [-0.1, -0.05) is 12.1 Å². The highest BCUT2D eigenvalue weighted by Gasteiger charge is 2.46. The molecule has 0 spiro atoms. The fraction of sp³-hybridized carbons (Fsp3) is 0.455. The molecule has 3 rings (SSSR count). The second-order valence-electron chi connectivity index (χ2n) is 7.52. The van der Waals surface area contributed by atoms with Crippen LogP contribution in [0.25, 0.3) is 0 Å². The van der Waals surface area contributed by atoms with Crippen LogP contribution in [0.15, 0.2) is 23.3 Å². The molecule has 1 aromatic rings. The summed E-state index contributed by atoms with van der Waals surface area (Å²) in [5.74, 6) is -1.93. The minimum absolute atomic E-state index is 0.210. The molecular formula is C22H25NO7. The molecule has 0 atom stereocenters. The number of amides is 1. The first-order valence-electron chi connectivity index (χ1n) is 9.72. The van der Waals surface area contributed by atoms with E-state index in [0.29, 0.717) is 12.8 Å². The largest absolute Gasteiger partial charge is 0.466 e. The molecule has 0 saturated heterocycles. The Kier molecular flexibility index (Phi) is 5.96. The molecule has 2 aliphatic rings. The molecule has 0 unspecified atom stereocenters. The molecule has 0 saturated carbocycles. The lowest BCUT2D eigenvalue weighted by molar-refractivity contribution is -0.152. The van der Waals surface area contributed by atoms with Crippen LogP contribution in [0.2, 0.25) is 0 Å². The summed E-state index contributed by atoms with van der Waals surface area (Å²) in [4.78, 5) is 48.9. The Morgan fingerprint density at radius 2 is 1.37 bits per heavy atom. The molecular weight excluding hydrogens is 390 g/mol. The zero-order chi connectivity index (χ0) is 22.1. The Morgan fingerprint density at radius 3 is 1.73 bits per heavy atom. The van der Waals surface area contributed by atoms with Crippen molar-refractivity contribution in [2.24, 2.45) is 0 Å². The van der Waals surface area contributed by atoms with Crippen molar-refractivity contribution in [2.45, 2.75) is 45.1 Å². The monoisotopic (exact) mass is 415 g/mol. The van der Waals surface area contributed by atoms with Crippen LogP contribution < -0.4 is 5.32 Å². The average molecular weight is 415 g/mol. The number of hydrogen-bond acceptors (Lipinski definition) is 7. The third-order valence-corrected chi connectivity index (χ3v) is 5.55. The molecule has 0 fully saturated rings. The summed E-state index contributed by atoms with van der Waals surface area (Å²) in [6.07, 6.45) is 1.06. The summed E-state index contributed by atoms with van der Waals surface area (Å²) in [5, 5.41) is 2.78. The van der Waals surface area contributed by atoms with E-state index < -0.39 is 23.4 Å². The molecule has 8 heteroatoms. The highest BCUT2D eigenvalue weighted by atomic mass is 16.5. The molecule has 0 radical (unpaired) electrons. The Balaban J connectivity index is 1.99. The first-order chi connectivity index (χ1) is 14.2. The summed E-state index contributed by atoms with van der Waals surface area (Å²) in [6, 6.07) is 3.87. The lowest BCUT2D eigenvalue weighted by Gasteiger charge is -2.27. The summed E-state index contributed by atoms with van der Waals surface area (Å²) in [7, 11) is 2.53. The number of rotatable bonds is 5. The van der Waals surface area contributed by atoms with Gasteiger partial charge in [0.25, 0.3) is 0 Å². The first kappa shape index (κ1) is 21.5. The molecule has 0 bridgehead atoms. The van der Waals surface area contributed by atoms with Crippen LogP contribution in [0, 0.1) is 0 Å². The second kappa shape index (κ2) is 8.30. The predicted molar refractivity (Wildman–Crippen MR) is 105 cm³/mol. The van der Waals surface area contributed by atoms with Crippen LogP contribution >= 0.6 is 0 Å². The van der Waals surface area contributed by atoms with Gasteiger partial charge in [0, 0.05) is 32.6 Å². The summed E-state index contributed by atoms with van der Waals surface area (Å²) in [5.41, 5.74) is 2.95. The number of esters is 3. The van der Waals surface area contributed by atoms with Gasteiger partial charge in [-0.3, -0.25) is 4.79 Å². The highest BCUT2D eigenvalue weighted by molar-refractivity contribution is 6.01. The number of hydrogen-bond donors (Lipinski definition) is 1. The Labute approximate surface area is 174 Å². The molecule has 160 valence electrons. The van der Waals surface area contributed by atoms with E-state index in [2.05, 4.69) is 5.32 Å². The van der Waals surface area contributed by atoms with Gasteiger partial charge in [-0.15, -0.1) is 0 Å². The summed E-state index contributed by atoms with van der Waals surface area (Å²) in [6.45, 7) is 3.29. The second-order valence-corrected chi connectivity index (χ2v) is 7.52. The van der Waals surface area contributed by atoms with Crippen molar-refractivity contribution < 1.29 is 33.4 Å². The van der Waals surface area contributed by atoms with Crippen LogP contribution in [0.1, 0.15) is 36.1 Å². The maximum absolute atomic E-state index is 12.7. The number of benzene rings is 1. The maximum atomic E-state index is 12.7. The van der Waals surface area contributed by atoms with Gasteiger partial charge in [0.05, 0.1) is 32.0 Å². The Morgan fingerprint density at radius 1 is 0.900 bits per heavy atom. The van der Waals surface area contributed by atoms with Gasteiger partial charge >= 0.3 is 17.9 Å². The molecule has 1 aromatic carbocycles. The third-order valence-electron chi connectivity index (χ3n) is 5.55. The summed E-state index contributed by atoms with van der Waals surface area (Å²) >= 11 is 0. The van der Waals surface area contributed by atoms with E-state index >= 15 is 0 Å². The van der Waals surface area contributed by atoms with Gasteiger partial charge in [-0.25, -0.2) is 14.4 Å². The smallest absolute Gasteiger partial charge is 0.334 e. The minimum atomic E-state index is -1.15. The van der Waals surface area contributed by atoms with Crippen molar-refractivity contribution in [1.82, 2.24) is 5.32 Å². The number of nitrogens with one attached hydrogen (secondary N) is 1. The maximum Gasteiger partial charge on any atom is 0.334 e. The first-order valence-corrected chi connectivity index (χ1v) is 9.72. The van der Waals surface area contributed by atoms with Gasteiger partial charge in [0.15, 0.2) is 0 Å². The van der Waals surface area contributed by atoms with Crippen molar-refractivity contribution in [3.63, 3.8) is 0 Å². The van der Waals surface area contributed by atoms with Crippen LogP contribution in [0.4, 0.5) is 0 Å². The lowest BCUT2D eigenvalue weighted by atomic mass is 9.84. The van der Waals surface area contributed by atoms with Crippen molar-refractivity contribution >= 4 is 23.8 Å². The van der Waals surface area contributed by atoms with Gasteiger partial charge in [-0.2, -0.15) is 0 Å². The average Bonchev–Trinajstić information content (AvgIpc) is 3.07. The van der Waals surface area contributed by atoms with Crippen LogP contribution in [0.5, 0.6) is 0 Å². The van der Waals surface area contributed by atoms with Crippen molar-refractivity contribution in [1.29, 1.82) is 0 Å². The lowest BCUT2D eigenvalue weighted by Crippen LogP contribution is -2.55. The van der Waals surface area contributed by atoms with Gasteiger partial charge in [0.2, 0.25) is 5.91 Å². The van der Waals surface area contributed by atoms with Gasteiger partial charge in [0.1, 0.15) is 5.54 Å². The molecule has 1 N–H and O–H groups in total. The van der Waals surface area contributed by atoms with E-state index in [1.54, 1.807) is 6.92 Å². The molecule has 1 amide bonds. The van der Waals surface area contributed by atoms with Crippen LogP contribution in [-0.2, 0) is 59.1 Å². The van der Waals surface area contributed by atoms with E-state index in [-0.39, 0.29) is 36.5 Å². The molecule has 30 heavy (non-hydrogen) atoms. The van der Waals surface area contributed by atoms with Crippen LogP contribution in [-0.4, -0.2) is 50.2 Å². The number of carbonyl (C=O) groups excluding carboxylic acids is 4. The molecule has 0 aliphatic heterocycles. The fourth-order valence-corrected chi connectivity index (χ4v) is 4.28. The van der Waals surface area contributed by atoms with Gasteiger partial charge in [-0.05, 0) is 29.2 Å². The number of methoxy groups -OCH3 is 2. The standard InChI is InChI=1S/C22H25NO7/c1-5-30-21(27)22(23-12(2)24)10-15-6-13-8-17(19(25)28-3)18(20(26)29-4)9-14(13)7-16(15)11-22/h6-7H,5,8-11H2,1-4H3,(H,23,24). The van der Waals surface area contributed by atoms with E-state index in [4.69, 9.17) is 14.2 Å². The molecule has 2 aliphatic carbocycles. The molecule has 0 aromatic heterocycles. The number of fused-ring (bicyclic) bond motifs is 2. The quantitative estimate of drug-likeness (QED) is 0.564. The van der Waals surface area contributed by atoms with Crippen molar-refractivity contribution in [2.75, 3.05) is 20.8 Å².